The zero-order chi connectivity index (χ0) is 14.8. The van der Waals surface area contributed by atoms with Crippen molar-refractivity contribution >= 4 is 17.6 Å². The Morgan fingerprint density at radius 1 is 1.19 bits per heavy atom. The van der Waals surface area contributed by atoms with Crippen LogP contribution in [0.25, 0.3) is 0 Å². The third-order valence-electron chi connectivity index (χ3n) is 4.36. The zero-order valence-corrected chi connectivity index (χ0v) is 12.3. The Bertz CT molecular complexity index is 535. The van der Waals surface area contributed by atoms with Crippen LogP contribution in [0.15, 0.2) is 18.3 Å². The van der Waals surface area contributed by atoms with Crippen LogP contribution in [0.2, 0.25) is 0 Å². The number of likely N-dealkylation sites (tertiary alicyclic amines) is 1. The van der Waals surface area contributed by atoms with Crippen molar-refractivity contribution in [2.75, 3.05) is 5.32 Å². The minimum atomic E-state index is -0.463. The molecule has 1 aromatic rings. The Hall–Kier alpha value is -1.91. The van der Waals surface area contributed by atoms with E-state index in [0.717, 1.165) is 31.2 Å². The molecule has 2 amide bonds. The molecule has 0 radical (unpaired) electrons. The van der Waals surface area contributed by atoms with E-state index in [9.17, 15) is 9.59 Å². The maximum absolute atomic E-state index is 12.5. The number of carbonyl (C=O) groups is 2. The van der Waals surface area contributed by atoms with Crippen molar-refractivity contribution in [2.45, 2.75) is 57.5 Å². The van der Waals surface area contributed by atoms with E-state index in [1.807, 2.05) is 19.1 Å². The van der Waals surface area contributed by atoms with Crippen molar-refractivity contribution in [1.29, 1.82) is 0 Å². The molecule has 1 aromatic heterocycles. The number of imide groups is 1. The average Bonchev–Trinajstić information content (AvgIpc) is 2.77. The second-order valence-electron chi connectivity index (χ2n) is 6.02. The fourth-order valence-electron chi connectivity index (χ4n) is 3.22. The molecule has 1 saturated heterocycles. The molecule has 5 nitrogen and oxygen atoms in total. The summed E-state index contributed by atoms with van der Waals surface area (Å²) in [4.78, 5) is 30.4. The Kier molecular flexibility index (Phi) is 3.90. The first-order chi connectivity index (χ1) is 10.1. The first-order valence-electron chi connectivity index (χ1n) is 7.70. The molecule has 3 rings (SSSR count). The van der Waals surface area contributed by atoms with Gasteiger partial charge < -0.3 is 5.32 Å². The molecule has 1 N–H and O–H groups in total. The van der Waals surface area contributed by atoms with Crippen LogP contribution in [0.1, 0.15) is 44.1 Å². The Morgan fingerprint density at radius 3 is 2.62 bits per heavy atom. The second-order valence-corrected chi connectivity index (χ2v) is 6.02. The number of aromatic nitrogens is 1. The summed E-state index contributed by atoms with van der Waals surface area (Å²) in [5.74, 6) is 0.517. The minimum Gasteiger partial charge on any atom is -0.358 e. The predicted molar refractivity (Wildman–Crippen MR) is 79.7 cm³/mol. The highest BCUT2D eigenvalue weighted by molar-refractivity contribution is 6.07. The lowest BCUT2D eigenvalue weighted by molar-refractivity contribution is -0.141. The van der Waals surface area contributed by atoms with Crippen molar-refractivity contribution in [2.24, 2.45) is 0 Å². The summed E-state index contributed by atoms with van der Waals surface area (Å²) in [7, 11) is 0. The molecule has 0 aromatic carbocycles. The van der Waals surface area contributed by atoms with Crippen LogP contribution in [0, 0.1) is 6.92 Å². The van der Waals surface area contributed by atoms with Gasteiger partial charge >= 0.3 is 0 Å². The van der Waals surface area contributed by atoms with E-state index >= 15 is 0 Å². The lowest BCUT2D eigenvalue weighted by Gasteiger charge is -2.29. The average molecular weight is 287 g/mol. The van der Waals surface area contributed by atoms with Gasteiger partial charge in [-0.1, -0.05) is 25.3 Å². The number of nitrogens with zero attached hydrogens (tertiary/aromatic N) is 2. The van der Waals surface area contributed by atoms with Crippen molar-refractivity contribution in [3.63, 3.8) is 0 Å². The predicted octanol–water partition coefficient (Wildman–Crippen LogP) is 2.26. The number of hydrogen-bond acceptors (Lipinski definition) is 4. The van der Waals surface area contributed by atoms with Crippen LogP contribution >= 0.6 is 0 Å². The first kappa shape index (κ1) is 14.0. The molecular formula is C16H21N3O2. The van der Waals surface area contributed by atoms with Gasteiger partial charge in [0.1, 0.15) is 11.9 Å². The standard InChI is InChI=1S/C16H21N3O2/c1-11-7-8-14(17-10-11)18-13-9-15(20)19(16(13)21)12-5-3-2-4-6-12/h7-8,10,12-13H,2-6,9H2,1H3,(H,17,18). The number of amides is 2. The summed E-state index contributed by atoms with van der Waals surface area (Å²) in [5.41, 5.74) is 1.07. The molecule has 1 aliphatic heterocycles. The van der Waals surface area contributed by atoms with Gasteiger partial charge in [0.25, 0.3) is 5.91 Å². The van der Waals surface area contributed by atoms with E-state index in [0.29, 0.717) is 5.82 Å². The van der Waals surface area contributed by atoms with Gasteiger partial charge in [0.05, 0.1) is 6.42 Å². The smallest absolute Gasteiger partial charge is 0.252 e. The van der Waals surface area contributed by atoms with Crippen LogP contribution in [-0.2, 0) is 9.59 Å². The van der Waals surface area contributed by atoms with Crippen molar-refractivity contribution in [3.8, 4) is 0 Å². The van der Waals surface area contributed by atoms with Crippen LogP contribution in [0.4, 0.5) is 5.82 Å². The zero-order valence-electron chi connectivity index (χ0n) is 12.3. The largest absolute Gasteiger partial charge is 0.358 e. The van der Waals surface area contributed by atoms with Crippen molar-refractivity contribution in [3.05, 3.63) is 23.9 Å². The van der Waals surface area contributed by atoms with E-state index < -0.39 is 6.04 Å². The summed E-state index contributed by atoms with van der Waals surface area (Å²) in [6.45, 7) is 1.96. The van der Waals surface area contributed by atoms with Gasteiger partial charge in [-0.3, -0.25) is 14.5 Å². The van der Waals surface area contributed by atoms with Gasteiger partial charge in [-0.15, -0.1) is 0 Å². The van der Waals surface area contributed by atoms with Crippen molar-refractivity contribution < 1.29 is 9.59 Å². The molecule has 0 bridgehead atoms. The Morgan fingerprint density at radius 2 is 1.95 bits per heavy atom. The highest BCUT2D eigenvalue weighted by atomic mass is 16.2. The number of nitrogens with one attached hydrogen (secondary N) is 1. The van der Waals surface area contributed by atoms with E-state index in [1.165, 1.54) is 11.3 Å². The van der Waals surface area contributed by atoms with Crippen LogP contribution in [0.5, 0.6) is 0 Å². The topological polar surface area (TPSA) is 62.3 Å². The summed E-state index contributed by atoms with van der Waals surface area (Å²) >= 11 is 0. The molecule has 5 heteroatoms. The number of pyridine rings is 1. The van der Waals surface area contributed by atoms with Gasteiger partial charge in [-0.25, -0.2) is 4.98 Å². The number of rotatable bonds is 3. The molecule has 1 unspecified atom stereocenters. The third kappa shape index (κ3) is 2.91. The normalized spacial score (nSPS) is 23.7. The maximum atomic E-state index is 12.5. The summed E-state index contributed by atoms with van der Waals surface area (Å²) in [5, 5.41) is 3.09. The number of anilines is 1. The van der Waals surface area contributed by atoms with Gasteiger partial charge in [-0.2, -0.15) is 0 Å². The number of carbonyl (C=O) groups excluding carboxylic acids is 2. The van der Waals surface area contributed by atoms with Crippen LogP contribution < -0.4 is 5.32 Å². The van der Waals surface area contributed by atoms with Gasteiger partial charge in [-0.05, 0) is 31.4 Å². The van der Waals surface area contributed by atoms with Crippen molar-refractivity contribution in [1.82, 2.24) is 9.88 Å². The molecule has 2 fully saturated rings. The molecule has 2 aliphatic rings. The quantitative estimate of drug-likeness (QED) is 0.866. The molecule has 1 saturated carbocycles. The van der Waals surface area contributed by atoms with Crippen LogP contribution in [-0.4, -0.2) is 33.8 Å². The Balaban J connectivity index is 1.69. The highest BCUT2D eigenvalue weighted by Gasteiger charge is 2.42. The summed E-state index contributed by atoms with van der Waals surface area (Å²) in [6.07, 6.45) is 7.33. The molecule has 1 atom stereocenters. The fraction of sp³-hybridized carbons (Fsp3) is 0.562. The SMILES string of the molecule is Cc1ccc(NC2CC(=O)N(C3CCCCC3)C2=O)nc1. The lowest BCUT2D eigenvalue weighted by atomic mass is 9.94. The van der Waals surface area contributed by atoms with Gasteiger partial charge in [0.2, 0.25) is 5.91 Å². The fourth-order valence-corrected chi connectivity index (χ4v) is 3.22. The second kappa shape index (κ2) is 5.84. The highest BCUT2D eigenvalue weighted by Crippen LogP contribution is 2.28. The van der Waals surface area contributed by atoms with Gasteiger partial charge in [0.15, 0.2) is 0 Å². The van der Waals surface area contributed by atoms with Gasteiger partial charge in [0, 0.05) is 12.2 Å². The van der Waals surface area contributed by atoms with E-state index in [-0.39, 0.29) is 24.3 Å². The number of aryl methyl sites for hydroxylation is 1. The monoisotopic (exact) mass is 287 g/mol. The molecule has 0 spiro atoms. The Labute approximate surface area is 124 Å². The first-order valence-corrected chi connectivity index (χ1v) is 7.70. The maximum Gasteiger partial charge on any atom is 0.252 e. The lowest BCUT2D eigenvalue weighted by Crippen LogP contribution is -2.43. The molecule has 21 heavy (non-hydrogen) atoms. The molecule has 2 heterocycles. The molecule has 1 aliphatic carbocycles. The minimum absolute atomic E-state index is 0.0449. The third-order valence-corrected chi connectivity index (χ3v) is 4.36. The number of hydrogen-bond donors (Lipinski definition) is 1. The summed E-state index contributed by atoms with van der Waals surface area (Å²) in [6, 6.07) is 3.43. The van der Waals surface area contributed by atoms with Crippen LogP contribution in [0.3, 0.4) is 0 Å². The molecular weight excluding hydrogens is 266 g/mol. The van der Waals surface area contributed by atoms with E-state index in [2.05, 4.69) is 10.3 Å². The van der Waals surface area contributed by atoms with E-state index in [4.69, 9.17) is 0 Å². The summed E-state index contributed by atoms with van der Waals surface area (Å²) < 4.78 is 0. The molecule has 112 valence electrons. The van der Waals surface area contributed by atoms with E-state index in [1.54, 1.807) is 6.20 Å².